The number of nitrogens with zero attached hydrogens (tertiary/aromatic N) is 1. The molecule has 3 nitrogen and oxygen atoms in total. The van der Waals surface area contributed by atoms with E-state index in [9.17, 15) is 0 Å². The quantitative estimate of drug-likeness (QED) is 0.168. The zero-order chi connectivity index (χ0) is 41.0. The Morgan fingerprint density at radius 1 is 0.350 bits per heavy atom. The van der Waals surface area contributed by atoms with E-state index in [1.54, 1.807) is 0 Å². The van der Waals surface area contributed by atoms with Crippen LogP contribution in [0.15, 0.2) is 185 Å². The third-order valence-corrected chi connectivity index (χ3v) is 14.6. The second-order valence-electron chi connectivity index (χ2n) is 18.2. The van der Waals surface area contributed by atoms with Gasteiger partial charge in [-0.15, -0.1) is 0 Å². The number of benzene rings is 8. The maximum absolute atomic E-state index is 6.45. The minimum Gasteiger partial charge on any atom is -0.456 e. The van der Waals surface area contributed by atoms with Crippen molar-refractivity contribution in [3.05, 3.63) is 187 Å². The number of anilines is 3. The van der Waals surface area contributed by atoms with Gasteiger partial charge < -0.3 is 13.7 Å². The SMILES string of the molecule is CC1(C)c2cc(-c3ccc(N(c4ccc(-c5ccccc5)cc4)c4ccc5c(c4)oc4ccccc45)cc3)c(-c3cccc4oc5ccccc5c34)cc2C(C)(C)C1(C)C. The summed E-state index contributed by atoms with van der Waals surface area (Å²) < 4.78 is 12.9. The van der Waals surface area contributed by atoms with E-state index < -0.39 is 0 Å². The van der Waals surface area contributed by atoms with Gasteiger partial charge in [0.25, 0.3) is 0 Å². The van der Waals surface area contributed by atoms with Crippen molar-refractivity contribution in [3.63, 3.8) is 0 Å². The smallest absolute Gasteiger partial charge is 0.137 e. The van der Waals surface area contributed by atoms with Crippen LogP contribution < -0.4 is 4.90 Å². The number of fused-ring (bicyclic) bond motifs is 7. The van der Waals surface area contributed by atoms with Crippen molar-refractivity contribution in [2.45, 2.75) is 52.4 Å². The summed E-state index contributed by atoms with van der Waals surface area (Å²) in [6, 6.07) is 63.4. The summed E-state index contributed by atoms with van der Waals surface area (Å²) in [5, 5.41) is 4.54. The predicted octanol–water partition coefficient (Wildman–Crippen LogP) is 16.6. The summed E-state index contributed by atoms with van der Waals surface area (Å²) in [5.41, 5.74) is 16.7. The van der Waals surface area contributed by atoms with Crippen LogP contribution in [-0.2, 0) is 10.8 Å². The van der Waals surface area contributed by atoms with Crippen molar-refractivity contribution in [1.82, 2.24) is 0 Å². The summed E-state index contributed by atoms with van der Waals surface area (Å²) in [5.74, 6) is 0. The lowest BCUT2D eigenvalue weighted by molar-refractivity contribution is 0.125. The van der Waals surface area contributed by atoms with E-state index in [4.69, 9.17) is 8.83 Å². The molecule has 10 aromatic rings. The molecule has 11 rings (SSSR count). The standard InChI is InChI=1S/C57H47NO2/c1-55(2)48-34-46(47(35-49(48)56(3,4)57(55,5)6)44-19-14-22-52-54(44)45-18-11-13-21-51(45)59-52)38-25-29-40(30-26-38)58(39-27-23-37(24-28-39)36-15-8-7-9-16-36)41-31-32-43-42-17-10-12-20-50(42)60-53(43)33-41/h7-35H,1-6H3. The lowest BCUT2D eigenvalue weighted by Gasteiger charge is -2.44. The Balaban J connectivity index is 1.09. The first kappa shape index (κ1) is 36.3. The highest BCUT2D eigenvalue weighted by Gasteiger charge is 2.57. The molecule has 0 saturated heterocycles. The molecule has 2 heterocycles. The highest BCUT2D eigenvalue weighted by atomic mass is 16.3. The average Bonchev–Trinajstić information content (AvgIpc) is 3.87. The van der Waals surface area contributed by atoms with Crippen LogP contribution in [0, 0.1) is 5.41 Å². The number of hydrogen-bond donors (Lipinski definition) is 0. The molecule has 0 spiro atoms. The van der Waals surface area contributed by atoms with Crippen molar-refractivity contribution in [2.24, 2.45) is 5.41 Å². The summed E-state index contributed by atoms with van der Waals surface area (Å²) >= 11 is 0. The Morgan fingerprint density at radius 3 is 1.53 bits per heavy atom. The molecule has 1 aliphatic rings. The van der Waals surface area contributed by atoms with Gasteiger partial charge in [0.05, 0.1) is 0 Å². The minimum absolute atomic E-state index is 0.0218. The molecule has 0 N–H and O–H groups in total. The zero-order valence-corrected chi connectivity index (χ0v) is 35.0. The van der Waals surface area contributed by atoms with E-state index in [0.29, 0.717) is 0 Å². The van der Waals surface area contributed by atoms with Crippen molar-refractivity contribution in [1.29, 1.82) is 0 Å². The van der Waals surface area contributed by atoms with Gasteiger partial charge in [0.15, 0.2) is 0 Å². The zero-order valence-electron chi connectivity index (χ0n) is 35.0. The fourth-order valence-corrected chi connectivity index (χ4v) is 10.1. The van der Waals surface area contributed by atoms with E-state index in [1.165, 1.54) is 44.5 Å². The van der Waals surface area contributed by atoms with Crippen molar-refractivity contribution in [2.75, 3.05) is 4.90 Å². The average molecular weight is 778 g/mol. The molecular weight excluding hydrogens is 731 g/mol. The number of rotatable bonds is 6. The van der Waals surface area contributed by atoms with Gasteiger partial charge in [-0.3, -0.25) is 0 Å². The summed E-state index contributed by atoms with van der Waals surface area (Å²) in [6.07, 6.45) is 0. The summed E-state index contributed by atoms with van der Waals surface area (Å²) in [4.78, 5) is 2.33. The largest absolute Gasteiger partial charge is 0.456 e. The van der Waals surface area contributed by atoms with Crippen LogP contribution in [0.25, 0.3) is 77.3 Å². The lowest BCUT2D eigenvalue weighted by atomic mass is 9.59. The monoisotopic (exact) mass is 777 g/mol. The first-order valence-electron chi connectivity index (χ1n) is 21.1. The predicted molar refractivity (Wildman–Crippen MR) is 252 cm³/mol. The molecule has 292 valence electrons. The van der Waals surface area contributed by atoms with Gasteiger partial charge in [-0.1, -0.05) is 145 Å². The van der Waals surface area contributed by atoms with Gasteiger partial charge in [-0.05, 0) is 127 Å². The first-order valence-corrected chi connectivity index (χ1v) is 21.1. The van der Waals surface area contributed by atoms with E-state index in [-0.39, 0.29) is 16.2 Å². The van der Waals surface area contributed by atoms with Gasteiger partial charge in [-0.2, -0.15) is 0 Å². The Bertz CT molecular complexity index is 3270. The Hall–Kier alpha value is -6.84. The molecule has 60 heavy (non-hydrogen) atoms. The normalized spacial score (nSPS) is 15.2. The van der Waals surface area contributed by atoms with Crippen LogP contribution in [0.5, 0.6) is 0 Å². The van der Waals surface area contributed by atoms with Crippen LogP contribution in [-0.4, -0.2) is 0 Å². The summed E-state index contributed by atoms with van der Waals surface area (Å²) in [7, 11) is 0. The molecule has 3 heteroatoms. The second-order valence-corrected chi connectivity index (χ2v) is 18.2. The van der Waals surface area contributed by atoms with Gasteiger partial charge >= 0.3 is 0 Å². The first-order chi connectivity index (χ1) is 29.0. The Kier molecular flexibility index (Phi) is 7.90. The van der Waals surface area contributed by atoms with Gasteiger partial charge in [-0.25, -0.2) is 0 Å². The van der Waals surface area contributed by atoms with E-state index in [2.05, 4.69) is 210 Å². The van der Waals surface area contributed by atoms with Crippen LogP contribution in [0.3, 0.4) is 0 Å². The lowest BCUT2D eigenvalue weighted by Crippen LogP contribution is -2.42. The number of para-hydroxylation sites is 2. The van der Waals surface area contributed by atoms with Crippen molar-refractivity contribution < 1.29 is 8.83 Å². The summed E-state index contributed by atoms with van der Waals surface area (Å²) in [6.45, 7) is 14.6. The van der Waals surface area contributed by atoms with Gasteiger partial charge in [0, 0.05) is 44.7 Å². The molecule has 0 amide bonds. The molecule has 1 aliphatic carbocycles. The second kappa shape index (κ2) is 13.1. The van der Waals surface area contributed by atoms with Crippen LogP contribution in [0.1, 0.15) is 52.7 Å². The fourth-order valence-electron chi connectivity index (χ4n) is 10.1. The molecular formula is C57H47NO2. The fraction of sp³-hybridized carbons (Fsp3) is 0.158. The van der Waals surface area contributed by atoms with Crippen LogP contribution in [0.4, 0.5) is 17.1 Å². The number of furan rings is 2. The maximum Gasteiger partial charge on any atom is 0.137 e. The maximum atomic E-state index is 6.45. The molecule has 0 radical (unpaired) electrons. The molecule has 0 bridgehead atoms. The highest BCUT2D eigenvalue weighted by molar-refractivity contribution is 6.14. The van der Waals surface area contributed by atoms with Crippen molar-refractivity contribution >= 4 is 60.9 Å². The molecule has 0 atom stereocenters. The molecule has 0 fully saturated rings. The van der Waals surface area contributed by atoms with Crippen LogP contribution in [0.2, 0.25) is 0 Å². The van der Waals surface area contributed by atoms with E-state index >= 15 is 0 Å². The Labute approximate surface area is 351 Å². The molecule has 8 aromatic carbocycles. The van der Waals surface area contributed by atoms with Gasteiger partial charge in [0.1, 0.15) is 22.3 Å². The topological polar surface area (TPSA) is 29.5 Å². The third-order valence-electron chi connectivity index (χ3n) is 14.6. The highest BCUT2D eigenvalue weighted by Crippen LogP contribution is 2.63. The molecule has 0 saturated carbocycles. The molecule has 0 aliphatic heterocycles. The minimum atomic E-state index is -0.0502. The van der Waals surface area contributed by atoms with Crippen molar-refractivity contribution in [3.8, 4) is 33.4 Å². The van der Waals surface area contributed by atoms with E-state index in [0.717, 1.165) is 60.9 Å². The van der Waals surface area contributed by atoms with Crippen LogP contribution >= 0.6 is 0 Å². The molecule has 2 aromatic heterocycles. The third kappa shape index (κ3) is 5.28. The van der Waals surface area contributed by atoms with E-state index in [1.807, 2.05) is 12.1 Å². The molecule has 0 unspecified atom stereocenters. The number of hydrogen-bond acceptors (Lipinski definition) is 3. The van der Waals surface area contributed by atoms with Gasteiger partial charge in [0.2, 0.25) is 0 Å². The Morgan fingerprint density at radius 2 is 0.850 bits per heavy atom.